The van der Waals surface area contributed by atoms with Gasteiger partial charge in [0.1, 0.15) is 5.56 Å². The zero-order valence-electron chi connectivity index (χ0n) is 15.4. The van der Waals surface area contributed by atoms with Gasteiger partial charge < -0.3 is 14.6 Å². The van der Waals surface area contributed by atoms with Crippen molar-refractivity contribution in [3.8, 4) is 0 Å². The Balaban J connectivity index is 1.75. The lowest BCUT2D eigenvalue weighted by Crippen LogP contribution is -2.29. The molecule has 2 aromatic carbocycles. The van der Waals surface area contributed by atoms with Crippen molar-refractivity contribution in [1.82, 2.24) is 4.57 Å². The van der Waals surface area contributed by atoms with Gasteiger partial charge in [-0.05, 0) is 48.9 Å². The summed E-state index contributed by atoms with van der Waals surface area (Å²) in [7, 11) is 0. The van der Waals surface area contributed by atoms with Crippen LogP contribution in [0.4, 0.5) is 5.69 Å². The molecule has 0 bridgehead atoms. The van der Waals surface area contributed by atoms with Crippen LogP contribution in [0.2, 0.25) is 0 Å². The first-order valence-corrected chi connectivity index (χ1v) is 8.90. The van der Waals surface area contributed by atoms with E-state index in [0.29, 0.717) is 24.4 Å². The number of rotatable bonds is 6. The van der Waals surface area contributed by atoms with Crippen LogP contribution in [-0.2, 0) is 11.3 Å². The van der Waals surface area contributed by atoms with Gasteiger partial charge in [-0.15, -0.1) is 0 Å². The Hall–Kier alpha value is -3.67. The predicted molar refractivity (Wildman–Crippen MR) is 107 cm³/mol. The van der Waals surface area contributed by atoms with E-state index in [2.05, 4.69) is 5.32 Å². The van der Waals surface area contributed by atoms with Crippen LogP contribution >= 0.6 is 0 Å². The van der Waals surface area contributed by atoms with Crippen LogP contribution in [0, 0.1) is 0 Å². The summed E-state index contributed by atoms with van der Waals surface area (Å²) in [4.78, 5) is 36.9. The number of carbonyl (C=O) groups excluding carboxylic acids is 2. The van der Waals surface area contributed by atoms with E-state index in [0.717, 1.165) is 5.56 Å². The lowest BCUT2D eigenvalue weighted by atomic mass is 10.2. The van der Waals surface area contributed by atoms with Gasteiger partial charge in [0.2, 0.25) is 0 Å². The molecule has 0 saturated carbocycles. The highest BCUT2D eigenvalue weighted by Crippen LogP contribution is 2.12. The van der Waals surface area contributed by atoms with Gasteiger partial charge in [0.05, 0.1) is 18.7 Å². The number of carbonyl (C=O) groups is 2. The van der Waals surface area contributed by atoms with Gasteiger partial charge >= 0.3 is 5.97 Å². The van der Waals surface area contributed by atoms with E-state index in [9.17, 15) is 14.4 Å². The van der Waals surface area contributed by atoms with Gasteiger partial charge in [-0.1, -0.05) is 30.3 Å². The van der Waals surface area contributed by atoms with Crippen molar-refractivity contribution in [3.05, 3.63) is 100.0 Å². The quantitative estimate of drug-likeness (QED) is 0.670. The maximum absolute atomic E-state index is 12.7. The van der Waals surface area contributed by atoms with Gasteiger partial charge in [0.25, 0.3) is 11.5 Å². The Labute approximate surface area is 162 Å². The maximum Gasteiger partial charge on any atom is 0.338 e. The molecule has 28 heavy (non-hydrogen) atoms. The number of nitrogens with one attached hydrogen (secondary N) is 1. The molecule has 0 aliphatic carbocycles. The minimum Gasteiger partial charge on any atom is -0.462 e. The number of amides is 1. The summed E-state index contributed by atoms with van der Waals surface area (Å²) < 4.78 is 6.42. The fourth-order valence-corrected chi connectivity index (χ4v) is 2.72. The lowest BCUT2D eigenvalue weighted by Gasteiger charge is -2.09. The molecule has 6 nitrogen and oxygen atoms in total. The van der Waals surface area contributed by atoms with Crippen LogP contribution in [-0.4, -0.2) is 23.1 Å². The molecule has 0 aliphatic heterocycles. The number of ether oxygens (including phenoxy) is 1. The zero-order valence-corrected chi connectivity index (χ0v) is 15.4. The van der Waals surface area contributed by atoms with E-state index < -0.39 is 11.9 Å². The zero-order chi connectivity index (χ0) is 19.9. The minimum atomic E-state index is -0.503. The van der Waals surface area contributed by atoms with Gasteiger partial charge in [0.15, 0.2) is 0 Å². The minimum absolute atomic E-state index is 0.0490. The molecule has 1 N–H and O–H groups in total. The van der Waals surface area contributed by atoms with Crippen molar-refractivity contribution in [2.75, 3.05) is 11.9 Å². The molecular formula is C22H20N2O4. The van der Waals surface area contributed by atoms with Crippen molar-refractivity contribution in [3.63, 3.8) is 0 Å². The second-order valence-corrected chi connectivity index (χ2v) is 6.09. The Morgan fingerprint density at radius 3 is 2.36 bits per heavy atom. The number of pyridine rings is 1. The number of nitrogens with zero attached hydrogens (tertiary/aromatic N) is 1. The van der Waals surface area contributed by atoms with Crippen molar-refractivity contribution in [2.45, 2.75) is 13.5 Å². The fraction of sp³-hybridized carbons (Fsp3) is 0.136. The van der Waals surface area contributed by atoms with Gasteiger partial charge in [-0.3, -0.25) is 9.59 Å². The smallest absolute Gasteiger partial charge is 0.338 e. The van der Waals surface area contributed by atoms with Crippen molar-refractivity contribution >= 4 is 17.6 Å². The molecule has 1 amide bonds. The molecule has 0 fully saturated rings. The summed E-state index contributed by atoms with van der Waals surface area (Å²) in [5.41, 5.74) is 1.53. The average molecular weight is 376 g/mol. The van der Waals surface area contributed by atoms with Crippen LogP contribution in [0.3, 0.4) is 0 Å². The summed E-state index contributed by atoms with van der Waals surface area (Å²) >= 11 is 0. The van der Waals surface area contributed by atoms with Gasteiger partial charge in [-0.25, -0.2) is 4.79 Å². The highest BCUT2D eigenvalue weighted by Gasteiger charge is 2.13. The third-order valence-electron chi connectivity index (χ3n) is 4.11. The first kappa shape index (κ1) is 19.1. The fourth-order valence-electron chi connectivity index (χ4n) is 2.72. The van der Waals surface area contributed by atoms with Crippen LogP contribution in [0.15, 0.2) is 77.7 Å². The highest BCUT2D eigenvalue weighted by molar-refractivity contribution is 6.04. The summed E-state index contributed by atoms with van der Waals surface area (Å²) in [5.74, 6) is -0.927. The SMILES string of the molecule is CCOC(=O)c1ccc(NC(=O)c2cccn(Cc3ccccc3)c2=O)cc1. The third-order valence-corrected chi connectivity index (χ3v) is 4.11. The Morgan fingerprint density at radius 1 is 0.964 bits per heavy atom. The topological polar surface area (TPSA) is 77.4 Å². The van der Waals surface area contributed by atoms with Gasteiger partial charge in [-0.2, -0.15) is 0 Å². The maximum atomic E-state index is 12.7. The molecule has 3 aromatic rings. The normalized spacial score (nSPS) is 10.3. The summed E-state index contributed by atoms with van der Waals surface area (Å²) in [6.45, 7) is 2.41. The molecule has 0 aliphatic rings. The van der Waals surface area contributed by atoms with Crippen molar-refractivity contribution < 1.29 is 14.3 Å². The molecule has 1 aromatic heterocycles. The number of anilines is 1. The number of benzene rings is 2. The molecule has 0 atom stereocenters. The number of hydrogen-bond acceptors (Lipinski definition) is 4. The van der Waals surface area contributed by atoms with E-state index in [1.807, 2.05) is 30.3 Å². The molecule has 3 rings (SSSR count). The molecule has 0 unspecified atom stereocenters. The molecule has 0 saturated heterocycles. The van der Waals surface area contributed by atoms with E-state index >= 15 is 0 Å². The van der Waals surface area contributed by atoms with Crippen molar-refractivity contribution in [2.24, 2.45) is 0 Å². The molecule has 1 heterocycles. The predicted octanol–water partition coefficient (Wildman–Crippen LogP) is 3.33. The molecule has 142 valence electrons. The summed E-state index contributed by atoms with van der Waals surface area (Å²) in [6.07, 6.45) is 1.65. The Bertz CT molecular complexity index is 1020. The monoisotopic (exact) mass is 376 g/mol. The number of hydrogen-bond donors (Lipinski definition) is 1. The molecule has 6 heteroatoms. The van der Waals surface area contributed by atoms with E-state index in [1.54, 1.807) is 43.5 Å². The summed E-state index contributed by atoms with van der Waals surface area (Å²) in [5, 5.41) is 2.68. The van der Waals surface area contributed by atoms with Crippen LogP contribution in [0.25, 0.3) is 0 Å². The highest BCUT2D eigenvalue weighted by atomic mass is 16.5. The van der Waals surface area contributed by atoms with Gasteiger partial charge in [0, 0.05) is 11.9 Å². The average Bonchev–Trinajstić information content (AvgIpc) is 2.71. The lowest BCUT2D eigenvalue weighted by molar-refractivity contribution is 0.0526. The van der Waals surface area contributed by atoms with Crippen molar-refractivity contribution in [1.29, 1.82) is 0 Å². The van der Waals surface area contributed by atoms with Crippen LogP contribution in [0.5, 0.6) is 0 Å². The molecule has 0 spiro atoms. The second kappa shape index (κ2) is 8.81. The Morgan fingerprint density at radius 2 is 1.68 bits per heavy atom. The van der Waals surface area contributed by atoms with E-state index in [-0.39, 0.29) is 11.1 Å². The first-order chi connectivity index (χ1) is 13.6. The molecular weight excluding hydrogens is 356 g/mol. The number of aromatic nitrogens is 1. The Kier molecular flexibility index (Phi) is 6.01. The van der Waals surface area contributed by atoms with Crippen LogP contribution < -0.4 is 10.9 Å². The third kappa shape index (κ3) is 4.54. The van der Waals surface area contributed by atoms with E-state index in [1.165, 1.54) is 10.6 Å². The molecule has 0 radical (unpaired) electrons. The largest absolute Gasteiger partial charge is 0.462 e. The van der Waals surface area contributed by atoms with Crippen LogP contribution in [0.1, 0.15) is 33.2 Å². The summed E-state index contributed by atoms with van der Waals surface area (Å²) in [6, 6.07) is 19.0. The second-order valence-electron chi connectivity index (χ2n) is 6.09. The number of esters is 1. The standard InChI is InChI=1S/C22H20N2O4/c1-2-28-22(27)17-10-12-18(13-11-17)23-20(25)19-9-6-14-24(21(19)26)15-16-7-4-3-5-8-16/h3-14H,2,15H2,1H3,(H,23,25). The van der Waals surface area contributed by atoms with E-state index in [4.69, 9.17) is 4.74 Å². The first-order valence-electron chi connectivity index (χ1n) is 8.90.